The highest BCUT2D eigenvalue weighted by molar-refractivity contribution is 5.40. The number of phenolic OH excluding ortho intramolecular Hbond substituents is 1. The highest BCUT2D eigenvalue weighted by atomic mass is 16.5. The largest absolute Gasteiger partial charge is 0.508 e. The number of hydrogen-bond donors (Lipinski definition) is 2. The number of rotatable bonds is 8. The summed E-state index contributed by atoms with van der Waals surface area (Å²) >= 11 is 0. The zero-order valence-electron chi connectivity index (χ0n) is 20.8. The first-order chi connectivity index (χ1) is 17.2. The topological polar surface area (TPSA) is 44.7 Å². The fourth-order valence-corrected chi connectivity index (χ4v) is 5.68. The number of phenols is 1. The van der Waals surface area contributed by atoms with Crippen molar-refractivity contribution in [2.75, 3.05) is 19.6 Å². The van der Waals surface area contributed by atoms with Gasteiger partial charge < -0.3 is 15.2 Å². The van der Waals surface area contributed by atoms with Crippen molar-refractivity contribution in [1.29, 1.82) is 0 Å². The molecule has 4 nitrogen and oxygen atoms in total. The van der Waals surface area contributed by atoms with Crippen molar-refractivity contribution < 1.29 is 9.84 Å². The van der Waals surface area contributed by atoms with E-state index in [0.29, 0.717) is 17.8 Å². The van der Waals surface area contributed by atoms with E-state index in [2.05, 4.69) is 77.8 Å². The number of nitrogens with zero attached hydrogens (tertiary/aromatic N) is 1. The third-order valence-electron chi connectivity index (χ3n) is 7.71. The van der Waals surface area contributed by atoms with Crippen molar-refractivity contribution in [2.45, 2.75) is 63.6 Å². The molecule has 5 rings (SSSR count). The van der Waals surface area contributed by atoms with Crippen molar-refractivity contribution in [1.82, 2.24) is 10.2 Å². The summed E-state index contributed by atoms with van der Waals surface area (Å²) in [4.78, 5) is 2.62. The Bertz CT molecular complexity index is 1080. The average molecular weight is 471 g/mol. The SMILES string of the molecule is CC(Oc1ccc(CC2c3ccc(O)cc3CCN2CCc2ccccc2)cc1)C1CCCCN1. The molecule has 0 saturated carbocycles. The van der Waals surface area contributed by atoms with Gasteiger partial charge in [0.05, 0.1) is 0 Å². The molecular weight excluding hydrogens is 432 g/mol. The zero-order chi connectivity index (χ0) is 24.0. The predicted octanol–water partition coefficient (Wildman–Crippen LogP) is 5.69. The van der Waals surface area contributed by atoms with E-state index in [9.17, 15) is 5.11 Å². The van der Waals surface area contributed by atoms with Gasteiger partial charge in [-0.1, -0.05) is 55.0 Å². The predicted molar refractivity (Wildman–Crippen MR) is 142 cm³/mol. The van der Waals surface area contributed by atoms with Crippen molar-refractivity contribution in [2.24, 2.45) is 0 Å². The molecule has 3 aromatic carbocycles. The Morgan fingerprint density at radius 3 is 2.60 bits per heavy atom. The molecule has 0 radical (unpaired) electrons. The van der Waals surface area contributed by atoms with Gasteiger partial charge in [-0.2, -0.15) is 0 Å². The molecule has 3 aromatic rings. The van der Waals surface area contributed by atoms with E-state index in [0.717, 1.165) is 44.6 Å². The lowest BCUT2D eigenvalue weighted by Crippen LogP contribution is -2.44. The van der Waals surface area contributed by atoms with Crippen LogP contribution in [-0.2, 0) is 19.3 Å². The van der Waals surface area contributed by atoms with Crippen molar-refractivity contribution in [3.05, 3.63) is 95.1 Å². The molecule has 0 aliphatic carbocycles. The zero-order valence-corrected chi connectivity index (χ0v) is 20.8. The first-order valence-corrected chi connectivity index (χ1v) is 13.2. The standard InChI is InChI=1S/C31H38N2O2/c1-23(30-9-5-6-18-32-30)35-28-13-10-25(11-14-28)21-31-29-15-12-27(34)22-26(29)17-20-33(31)19-16-24-7-3-2-4-8-24/h2-4,7-8,10-15,22-23,30-32,34H,5-6,9,16-21H2,1H3. The van der Waals surface area contributed by atoms with Crippen LogP contribution in [0, 0.1) is 0 Å². The summed E-state index contributed by atoms with van der Waals surface area (Å²) in [5.41, 5.74) is 5.32. The van der Waals surface area contributed by atoms with Crippen molar-refractivity contribution in [3.63, 3.8) is 0 Å². The van der Waals surface area contributed by atoms with Crippen molar-refractivity contribution >= 4 is 0 Å². The van der Waals surface area contributed by atoms with Crippen LogP contribution in [0.15, 0.2) is 72.8 Å². The smallest absolute Gasteiger partial charge is 0.119 e. The lowest BCUT2D eigenvalue weighted by atomic mass is 9.88. The monoisotopic (exact) mass is 470 g/mol. The molecule has 2 aliphatic heterocycles. The summed E-state index contributed by atoms with van der Waals surface area (Å²) in [5.74, 6) is 1.31. The Morgan fingerprint density at radius 2 is 1.83 bits per heavy atom. The van der Waals surface area contributed by atoms with E-state index >= 15 is 0 Å². The second kappa shape index (κ2) is 11.3. The minimum Gasteiger partial charge on any atom is -0.508 e. The third-order valence-corrected chi connectivity index (χ3v) is 7.71. The van der Waals surface area contributed by atoms with Crippen LogP contribution in [0.1, 0.15) is 54.5 Å². The highest BCUT2D eigenvalue weighted by Gasteiger charge is 2.28. The molecule has 0 aromatic heterocycles. The van der Waals surface area contributed by atoms with Gasteiger partial charge in [0.2, 0.25) is 0 Å². The molecule has 0 bridgehead atoms. The first kappa shape index (κ1) is 23.9. The van der Waals surface area contributed by atoms with Crippen LogP contribution in [0.4, 0.5) is 0 Å². The number of piperidine rings is 1. The maximum atomic E-state index is 10.0. The van der Waals surface area contributed by atoms with Crippen LogP contribution in [0.5, 0.6) is 11.5 Å². The maximum Gasteiger partial charge on any atom is 0.119 e. The number of nitrogens with one attached hydrogen (secondary N) is 1. The van der Waals surface area contributed by atoms with E-state index in [1.807, 2.05) is 12.1 Å². The van der Waals surface area contributed by atoms with Crippen LogP contribution in [0.25, 0.3) is 0 Å². The minimum atomic E-state index is 0.174. The van der Waals surface area contributed by atoms with Gasteiger partial charge in [0.25, 0.3) is 0 Å². The lowest BCUT2D eigenvalue weighted by Gasteiger charge is -2.38. The van der Waals surface area contributed by atoms with E-state index in [-0.39, 0.29) is 6.10 Å². The molecule has 35 heavy (non-hydrogen) atoms. The van der Waals surface area contributed by atoms with Crippen LogP contribution in [0.3, 0.4) is 0 Å². The number of aromatic hydroxyl groups is 1. The van der Waals surface area contributed by atoms with Gasteiger partial charge in [0.15, 0.2) is 0 Å². The first-order valence-electron chi connectivity index (χ1n) is 13.2. The van der Waals surface area contributed by atoms with Gasteiger partial charge in [0.1, 0.15) is 17.6 Å². The third kappa shape index (κ3) is 6.06. The molecule has 2 N–H and O–H groups in total. The summed E-state index contributed by atoms with van der Waals surface area (Å²) in [6, 6.07) is 26.1. The molecule has 3 unspecified atom stereocenters. The molecule has 4 heteroatoms. The second-order valence-corrected chi connectivity index (χ2v) is 10.1. The number of ether oxygens (including phenoxy) is 1. The van der Waals surface area contributed by atoms with E-state index < -0.39 is 0 Å². The molecule has 2 aliphatic rings. The summed E-state index contributed by atoms with van der Waals surface area (Å²) in [6.45, 7) is 5.32. The summed E-state index contributed by atoms with van der Waals surface area (Å²) in [7, 11) is 0. The van der Waals surface area contributed by atoms with Gasteiger partial charge in [-0.25, -0.2) is 0 Å². The molecule has 0 spiro atoms. The Hall–Kier alpha value is -2.82. The van der Waals surface area contributed by atoms with Crippen molar-refractivity contribution in [3.8, 4) is 11.5 Å². The van der Waals surface area contributed by atoms with Gasteiger partial charge in [-0.3, -0.25) is 4.90 Å². The minimum absolute atomic E-state index is 0.174. The normalized spacial score (nSPS) is 21.3. The summed E-state index contributed by atoms with van der Waals surface area (Å²) in [5, 5.41) is 13.6. The fourth-order valence-electron chi connectivity index (χ4n) is 5.68. The van der Waals surface area contributed by atoms with E-state index in [1.54, 1.807) is 0 Å². The Morgan fingerprint density at radius 1 is 1.00 bits per heavy atom. The lowest BCUT2D eigenvalue weighted by molar-refractivity contribution is 0.152. The summed E-state index contributed by atoms with van der Waals surface area (Å²) in [6.07, 6.45) is 6.89. The molecule has 0 amide bonds. The van der Waals surface area contributed by atoms with Gasteiger partial charge >= 0.3 is 0 Å². The van der Waals surface area contributed by atoms with Crippen LogP contribution in [-0.4, -0.2) is 41.8 Å². The molecule has 3 atom stereocenters. The van der Waals surface area contributed by atoms with Crippen LogP contribution < -0.4 is 10.1 Å². The molecule has 2 heterocycles. The maximum absolute atomic E-state index is 10.0. The quantitative estimate of drug-likeness (QED) is 0.444. The molecule has 184 valence electrons. The van der Waals surface area contributed by atoms with Crippen LogP contribution in [0.2, 0.25) is 0 Å². The van der Waals surface area contributed by atoms with Gasteiger partial charge in [0, 0.05) is 25.2 Å². The fraction of sp³-hybridized carbons (Fsp3) is 0.419. The Labute approximate surface area is 209 Å². The molecule has 1 fully saturated rings. The van der Waals surface area contributed by atoms with Gasteiger partial charge in [-0.15, -0.1) is 0 Å². The Kier molecular flexibility index (Phi) is 7.70. The van der Waals surface area contributed by atoms with E-state index in [1.165, 1.54) is 41.5 Å². The molecule has 1 saturated heterocycles. The van der Waals surface area contributed by atoms with Gasteiger partial charge in [-0.05, 0) is 92.1 Å². The molecular formula is C31H38N2O2. The Balaban J connectivity index is 1.28. The summed E-state index contributed by atoms with van der Waals surface area (Å²) < 4.78 is 6.28. The van der Waals surface area contributed by atoms with Crippen LogP contribution >= 0.6 is 0 Å². The number of benzene rings is 3. The number of hydrogen-bond acceptors (Lipinski definition) is 4. The highest BCUT2D eigenvalue weighted by Crippen LogP contribution is 2.35. The second-order valence-electron chi connectivity index (χ2n) is 10.1. The number of fused-ring (bicyclic) bond motifs is 1. The van der Waals surface area contributed by atoms with E-state index in [4.69, 9.17) is 4.74 Å². The average Bonchev–Trinajstić information content (AvgIpc) is 2.90.